The smallest absolute Gasteiger partial charge is 0.317 e. The number of carboxylic acid groups (broad SMARTS) is 1. The summed E-state index contributed by atoms with van der Waals surface area (Å²) in [6.45, 7) is 6.18. The van der Waals surface area contributed by atoms with E-state index < -0.39 is 0 Å². The van der Waals surface area contributed by atoms with Crippen LogP contribution < -0.4 is 11.1 Å². The van der Waals surface area contributed by atoms with Crippen LogP contribution in [0.2, 0.25) is 0 Å². The number of amides is 3. The Bertz CT molecular complexity index is 860. The molecule has 8 nitrogen and oxygen atoms in total. The van der Waals surface area contributed by atoms with Crippen LogP contribution in [0, 0.1) is 5.92 Å². The lowest BCUT2D eigenvalue weighted by molar-refractivity contribution is -0.123. The predicted molar refractivity (Wildman–Crippen MR) is 121 cm³/mol. The Hall–Kier alpha value is -3.13. The van der Waals surface area contributed by atoms with E-state index >= 15 is 0 Å². The third kappa shape index (κ3) is 7.90. The van der Waals surface area contributed by atoms with Crippen molar-refractivity contribution in [1.82, 2.24) is 15.1 Å². The van der Waals surface area contributed by atoms with Gasteiger partial charge in [-0.2, -0.15) is 0 Å². The Kier molecular flexibility index (Phi) is 9.77. The molecule has 0 spiro atoms. The lowest BCUT2D eigenvalue weighted by Crippen LogP contribution is -2.52. The average Bonchev–Trinajstić information content (AvgIpc) is 2.77. The van der Waals surface area contributed by atoms with Crippen LogP contribution in [0.3, 0.4) is 0 Å². The lowest BCUT2D eigenvalue weighted by Gasteiger charge is -2.34. The molecule has 1 saturated heterocycles. The highest BCUT2D eigenvalue weighted by atomic mass is 16.3. The molecule has 1 heterocycles. The Morgan fingerprint density at radius 3 is 2.45 bits per heavy atom. The fraction of sp³-hybridized carbons (Fsp3) is 0.435. The van der Waals surface area contributed by atoms with Crippen LogP contribution in [-0.2, 0) is 16.0 Å². The fourth-order valence-electron chi connectivity index (χ4n) is 3.73. The number of urea groups is 1. The molecule has 0 bridgehead atoms. The molecule has 3 amide bonds. The summed E-state index contributed by atoms with van der Waals surface area (Å²) in [6, 6.07) is 14.8. The van der Waals surface area contributed by atoms with Gasteiger partial charge >= 0.3 is 6.03 Å². The highest BCUT2D eigenvalue weighted by molar-refractivity contribution is 5.85. The molecule has 1 fully saturated rings. The zero-order valence-corrected chi connectivity index (χ0v) is 18.0. The van der Waals surface area contributed by atoms with E-state index in [2.05, 4.69) is 59.6 Å². The SMILES string of the molecule is CC(CNC(=O)N1CCN(CCC(N)=O)CC1)Cc1cccc2ccccc12.O=CO. The van der Waals surface area contributed by atoms with E-state index in [0.717, 1.165) is 19.5 Å². The minimum atomic E-state index is -0.277. The first-order valence-electron chi connectivity index (χ1n) is 10.5. The van der Waals surface area contributed by atoms with Crippen molar-refractivity contribution >= 4 is 29.2 Å². The van der Waals surface area contributed by atoms with Gasteiger partial charge in [-0.15, -0.1) is 0 Å². The quantitative estimate of drug-likeness (QED) is 0.583. The van der Waals surface area contributed by atoms with Gasteiger partial charge in [0.15, 0.2) is 0 Å². The van der Waals surface area contributed by atoms with Crippen molar-refractivity contribution < 1.29 is 19.5 Å². The van der Waals surface area contributed by atoms with E-state index in [1.165, 1.54) is 16.3 Å². The molecule has 3 rings (SSSR count). The van der Waals surface area contributed by atoms with Crippen LogP contribution in [0.5, 0.6) is 0 Å². The van der Waals surface area contributed by atoms with Crippen molar-refractivity contribution in [2.75, 3.05) is 39.3 Å². The molecule has 1 unspecified atom stereocenters. The first kappa shape index (κ1) is 24.1. The molecule has 1 atom stereocenters. The lowest BCUT2D eigenvalue weighted by atomic mass is 9.96. The summed E-state index contributed by atoms with van der Waals surface area (Å²) >= 11 is 0. The third-order valence-corrected chi connectivity index (χ3v) is 5.38. The van der Waals surface area contributed by atoms with Gasteiger partial charge in [0.25, 0.3) is 6.47 Å². The first-order valence-corrected chi connectivity index (χ1v) is 10.5. The van der Waals surface area contributed by atoms with Gasteiger partial charge in [0.2, 0.25) is 5.91 Å². The molecule has 1 aliphatic rings. The number of piperazine rings is 1. The topological polar surface area (TPSA) is 116 Å². The average molecular weight is 429 g/mol. The minimum absolute atomic E-state index is 0.000629. The summed E-state index contributed by atoms with van der Waals surface area (Å²) < 4.78 is 0. The van der Waals surface area contributed by atoms with Gasteiger partial charge in [-0.25, -0.2) is 4.79 Å². The second-order valence-electron chi connectivity index (χ2n) is 7.78. The zero-order chi connectivity index (χ0) is 22.6. The number of hydrogen-bond donors (Lipinski definition) is 3. The number of nitrogens with two attached hydrogens (primary N) is 1. The van der Waals surface area contributed by atoms with Crippen molar-refractivity contribution in [2.24, 2.45) is 11.7 Å². The van der Waals surface area contributed by atoms with Gasteiger partial charge in [0.1, 0.15) is 0 Å². The molecule has 168 valence electrons. The van der Waals surface area contributed by atoms with Crippen LogP contribution in [0.4, 0.5) is 4.79 Å². The van der Waals surface area contributed by atoms with E-state index in [-0.39, 0.29) is 18.4 Å². The van der Waals surface area contributed by atoms with Gasteiger partial charge < -0.3 is 21.1 Å². The van der Waals surface area contributed by atoms with Crippen molar-refractivity contribution in [1.29, 1.82) is 0 Å². The monoisotopic (exact) mass is 428 g/mol. The van der Waals surface area contributed by atoms with E-state index in [1.807, 2.05) is 4.90 Å². The summed E-state index contributed by atoms with van der Waals surface area (Å²) in [5.74, 6) is 0.0759. The number of nitrogens with one attached hydrogen (secondary N) is 1. The molecular weight excluding hydrogens is 396 g/mol. The second-order valence-corrected chi connectivity index (χ2v) is 7.78. The maximum Gasteiger partial charge on any atom is 0.317 e. The molecule has 0 radical (unpaired) electrons. The highest BCUT2D eigenvalue weighted by Gasteiger charge is 2.21. The number of fused-ring (bicyclic) bond motifs is 1. The molecule has 2 aromatic rings. The van der Waals surface area contributed by atoms with Crippen molar-refractivity contribution in [3.8, 4) is 0 Å². The summed E-state index contributed by atoms with van der Waals surface area (Å²) in [5, 5.41) is 12.5. The molecular formula is C23H32N4O4. The van der Waals surface area contributed by atoms with Crippen LogP contribution >= 0.6 is 0 Å². The fourth-order valence-corrected chi connectivity index (χ4v) is 3.73. The number of carbonyl (C=O) groups excluding carboxylic acids is 2. The third-order valence-electron chi connectivity index (χ3n) is 5.38. The van der Waals surface area contributed by atoms with E-state index in [0.29, 0.717) is 38.5 Å². The molecule has 8 heteroatoms. The first-order chi connectivity index (χ1) is 14.9. The Morgan fingerprint density at radius 2 is 1.77 bits per heavy atom. The van der Waals surface area contributed by atoms with Gasteiger partial charge in [-0.3, -0.25) is 14.5 Å². The molecule has 2 aromatic carbocycles. The normalized spacial score (nSPS) is 14.9. The highest BCUT2D eigenvalue weighted by Crippen LogP contribution is 2.21. The summed E-state index contributed by atoms with van der Waals surface area (Å²) in [6.07, 6.45) is 1.31. The summed E-state index contributed by atoms with van der Waals surface area (Å²) in [4.78, 5) is 35.7. The van der Waals surface area contributed by atoms with E-state index in [1.54, 1.807) is 0 Å². The maximum atomic E-state index is 12.5. The van der Waals surface area contributed by atoms with Crippen molar-refractivity contribution in [3.05, 3.63) is 48.0 Å². The summed E-state index contributed by atoms with van der Waals surface area (Å²) in [7, 11) is 0. The number of nitrogens with zero attached hydrogens (tertiary/aromatic N) is 2. The number of carbonyl (C=O) groups is 3. The largest absolute Gasteiger partial charge is 0.483 e. The molecule has 0 aliphatic carbocycles. The summed E-state index contributed by atoms with van der Waals surface area (Å²) in [5.41, 5.74) is 6.52. The zero-order valence-electron chi connectivity index (χ0n) is 18.0. The predicted octanol–water partition coefficient (Wildman–Crippen LogP) is 1.92. The number of benzene rings is 2. The van der Waals surface area contributed by atoms with Gasteiger partial charge in [0.05, 0.1) is 0 Å². The molecule has 0 aromatic heterocycles. The number of primary amides is 1. The van der Waals surface area contributed by atoms with E-state index in [4.69, 9.17) is 15.6 Å². The Balaban J connectivity index is 0.00000107. The number of hydrogen-bond acceptors (Lipinski definition) is 4. The Morgan fingerprint density at radius 1 is 1.13 bits per heavy atom. The number of rotatable bonds is 7. The van der Waals surface area contributed by atoms with Gasteiger partial charge in [-0.05, 0) is 28.7 Å². The maximum absolute atomic E-state index is 12.5. The van der Waals surface area contributed by atoms with Crippen LogP contribution in [0.25, 0.3) is 10.8 Å². The standard InChI is InChI=1S/C22H30N4O2.CH2O2/c1-17(15-19-7-4-6-18-5-2-3-8-20(18)19)16-24-22(28)26-13-11-25(12-14-26)10-9-21(23)27;2-1-3/h2-8,17H,9-16H2,1H3,(H2,23,27)(H,24,28);1H,(H,2,3). The molecule has 4 N–H and O–H groups in total. The van der Waals surface area contributed by atoms with Crippen molar-refractivity contribution in [3.63, 3.8) is 0 Å². The van der Waals surface area contributed by atoms with Crippen LogP contribution in [0.1, 0.15) is 18.9 Å². The van der Waals surface area contributed by atoms with E-state index in [9.17, 15) is 9.59 Å². The van der Waals surface area contributed by atoms with Crippen LogP contribution in [0.15, 0.2) is 42.5 Å². The molecule has 1 aliphatic heterocycles. The minimum Gasteiger partial charge on any atom is -0.483 e. The van der Waals surface area contributed by atoms with Gasteiger partial charge in [-0.1, -0.05) is 49.4 Å². The van der Waals surface area contributed by atoms with Gasteiger partial charge in [0, 0.05) is 45.7 Å². The molecule has 0 saturated carbocycles. The Labute approximate surface area is 183 Å². The van der Waals surface area contributed by atoms with Crippen molar-refractivity contribution in [2.45, 2.75) is 19.8 Å². The second kappa shape index (κ2) is 12.5. The van der Waals surface area contributed by atoms with Crippen LogP contribution in [-0.4, -0.2) is 72.6 Å². The molecule has 31 heavy (non-hydrogen) atoms.